The summed E-state index contributed by atoms with van der Waals surface area (Å²) in [5, 5.41) is 15.5. The number of aromatic nitrogens is 4. The third-order valence-corrected chi connectivity index (χ3v) is 5.63. The summed E-state index contributed by atoms with van der Waals surface area (Å²) in [5.74, 6) is 1.88. The molecule has 0 spiro atoms. The lowest BCUT2D eigenvalue weighted by molar-refractivity contribution is -0.384. The number of amides is 1. The normalized spacial score (nSPS) is 14.0. The fourth-order valence-electron chi connectivity index (χ4n) is 3.77. The molecule has 32 heavy (non-hydrogen) atoms. The molecule has 11 heteroatoms. The van der Waals surface area contributed by atoms with Gasteiger partial charge in [0.25, 0.3) is 11.6 Å². The van der Waals surface area contributed by atoms with Crippen molar-refractivity contribution < 1.29 is 9.72 Å². The molecule has 2 aromatic heterocycles. The Morgan fingerprint density at radius 1 is 1.03 bits per heavy atom. The van der Waals surface area contributed by atoms with Gasteiger partial charge in [-0.3, -0.25) is 14.9 Å². The number of carbonyl (C=O) groups is 1. The molecular weight excluding hydrogens is 434 g/mol. The number of nitro groups is 1. The molecule has 3 heterocycles. The van der Waals surface area contributed by atoms with Gasteiger partial charge in [0.2, 0.25) is 0 Å². The highest BCUT2D eigenvalue weighted by Crippen LogP contribution is 2.25. The highest BCUT2D eigenvalue weighted by molar-refractivity contribution is 6.34. The fourth-order valence-corrected chi connectivity index (χ4v) is 4.02. The Bertz CT molecular complexity index is 1200. The predicted octanol–water partition coefficient (Wildman–Crippen LogP) is 3.11. The van der Waals surface area contributed by atoms with E-state index in [0.717, 1.165) is 17.2 Å². The van der Waals surface area contributed by atoms with Crippen molar-refractivity contribution in [2.45, 2.75) is 20.8 Å². The summed E-state index contributed by atoms with van der Waals surface area (Å²) in [7, 11) is 0. The van der Waals surface area contributed by atoms with Crippen LogP contribution in [-0.2, 0) is 0 Å². The quantitative estimate of drug-likeness (QED) is 0.439. The first-order chi connectivity index (χ1) is 15.2. The van der Waals surface area contributed by atoms with Crippen molar-refractivity contribution in [2.24, 2.45) is 0 Å². The van der Waals surface area contributed by atoms with E-state index >= 15 is 0 Å². The fraction of sp³-hybridized carbons (Fsp3) is 0.333. The molecule has 0 aliphatic carbocycles. The smallest absolute Gasteiger partial charge is 0.270 e. The van der Waals surface area contributed by atoms with Gasteiger partial charge in [-0.05, 0) is 32.9 Å². The molecule has 1 aliphatic heterocycles. The zero-order chi connectivity index (χ0) is 23.0. The maximum atomic E-state index is 12.9. The number of nitro benzene ring substituents is 1. The second-order valence-corrected chi connectivity index (χ2v) is 8.08. The summed E-state index contributed by atoms with van der Waals surface area (Å²) in [6.45, 7) is 7.88. The number of nitrogens with zero attached hydrogens (tertiary/aromatic N) is 7. The number of non-ortho nitro benzene ring substituents is 1. The minimum atomic E-state index is -0.539. The molecule has 4 rings (SSSR count). The summed E-state index contributed by atoms with van der Waals surface area (Å²) in [6.07, 6.45) is 0. The molecule has 10 nitrogen and oxygen atoms in total. The number of halogens is 1. The second-order valence-electron chi connectivity index (χ2n) is 7.67. The number of hydrogen-bond donors (Lipinski definition) is 0. The van der Waals surface area contributed by atoms with Gasteiger partial charge in [-0.15, -0.1) is 0 Å². The third kappa shape index (κ3) is 4.26. The Morgan fingerprint density at radius 3 is 2.31 bits per heavy atom. The van der Waals surface area contributed by atoms with Crippen molar-refractivity contribution in [3.8, 4) is 5.82 Å². The van der Waals surface area contributed by atoms with E-state index in [1.807, 2.05) is 32.9 Å². The topological polar surface area (TPSA) is 110 Å². The van der Waals surface area contributed by atoms with Crippen molar-refractivity contribution in [1.29, 1.82) is 0 Å². The Morgan fingerprint density at radius 2 is 1.72 bits per heavy atom. The molecule has 0 atom stereocenters. The Labute approximate surface area is 189 Å². The molecule has 3 aromatic rings. The van der Waals surface area contributed by atoms with Crippen molar-refractivity contribution in [3.63, 3.8) is 0 Å². The van der Waals surface area contributed by atoms with Crippen LogP contribution in [-0.4, -0.2) is 61.7 Å². The number of aryl methyl sites for hydroxylation is 3. The van der Waals surface area contributed by atoms with E-state index in [9.17, 15) is 14.9 Å². The molecule has 0 N–H and O–H groups in total. The first-order valence-corrected chi connectivity index (χ1v) is 10.5. The lowest BCUT2D eigenvalue weighted by Gasteiger charge is -2.35. The Kier molecular flexibility index (Phi) is 5.79. The van der Waals surface area contributed by atoms with E-state index in [1.54, 1.807) is 9.58 Å². The molecule has 1 amide bonds. The molecule has 1 aliphatic rings. The summed E-state index contributed by atoms with van der Waals surface area (Å²) in [5.41, 5.74) is 2.02. The maximum absolute atomic E-state index is 12.9. The average Bonchev–Trinajstić information content (AvgIpc) is 3.10. The molecule has 1 aromatic carbocycles. The number of hydrogen-bond acceptors (Lipinski definition) is 7. The largest absolute Gasteiger partial charge is 0.353 e. The first kappa shape index (κ1) is 21.7. The number of piperazine rings is 1. The van der Waals surface area contributed by atoms with Crippen molar-refractivity contribution in [1.82, 2.24) is 24.6 Å². The van der Waals surface area contributed by atoms with Gasteiger partial charge in [0, 0.05) is 50.1 Å². The number of carbonyl (C=O) groups excluding carboxylic acids is 1. The minimum Gasteiger partial charge on any atom is -0.353 e. The van der Waals surface area contributed by atoms with Gasteiger partial charge in [-0.2, -0.15) is 5.10 Å². The summed E-state index contributed by atoms with van der Waals surface area (Å²) in [4.78, 5) is 36.1. The minimum absolute atomic E-state index is 0.0765. The van der Waals surface area contributed by atoms with Crippen LogP contribution in [0.15, 0.2) is 30.3 Å². The van der Waals surface area contributed by atoms with Crippen molar-refractivity contribution in [2.75, 3.05) is 31.1 Å². The summed E-state index contributed by atoms with van der Waals surface area (Å²) in [6, 6.07) is 7.79. The van der Waals surface area contributed by atoms with E-state index in [2.05, 4.69) is 20.0 Å². The van der Waals surface area contributed by atoms with Gasteiger partial charge >= 0.3 is 0 Å². The first-order valence-electron chi connectivity index (χ1n) is 10.1. The van der Waals surface area contributed by atoms with E-state index < -0.39 is 4.92 Å². The number of rotatable bonds is 4. The van der Waals surface area contributed by atoms with Crippen molar-refractivity contribution in [3.05, 3.63) is 68.2 Å². The van der Waals surface area contributed by atoms with Crippen LogP contribution in [0.3, 0.4) is 0 Å². The van der Waals surface area contributed by atoms with Crippen LogP contribution >= 0.6 is 11.6 Å². The van der Waals surface area contributed by atoms with Gasteiger partial charge in [0.1, 0.15) is 11.6 Å². The lowest BCUT2D eigenvalue weighted by Crippen LogP contribution is -2.49. The molecule has 166 valence electrons. The van der Waals surface area contributed by atoms with E-state index in [1.165, 1.54) is 18.2 Å². The standard InChI is InChI=1S/C21H22ClN7O3/c1-13-10-14(2)28(25-13)20-12-19(23-15(3)24-20)26-6-8-27(9-7-26)21(30)17-5-4-16(29(31)32)11-18(17)22/h4-5,10-12H,6-9H2,1-3H3. The van der Waals surface area contributed by atoms with E-state index in [-0.39, 0.29) is 22.2 Å². The Balaban J connectivity index is 1.49. The van der Waals surface area contributed by atoms with E-state index in [0.29, 0.717) is 37.8 Å². The Hall–Kier alpha value is -3.53. The third-order valence-electron chi connectivity index (χ3n) is 5.32. The lowest BCUT2D eigenvalue weighted by atomic mass is 10.1. The highest BCUT2D eigenvalue weighted by Gasteiger charge is 2.26. The van der Waals surface area contributed by atoms with Gasteiger partial charge < -0.3 is 9.80 Å². The van der Waals surface area contributed by atoms with Crippen LogP contribution in [0.5, 0.6) is 0 Å². The average molecular weight is 456 g/mol. The predicted molar refractivity (Wildman–Crippen MR) is 120 cm³/mol. The molecule has 1 saturated heterocycles. The van der Waals surface area contributed by atoms with Crippen LogP contribution in [0, 0.1) is 30.9 Å². The van der Waals surface area contributed by atoms with Crippen LogP contribution in [0.1, 0.15) is 27.6 Å². The monoisotopic (exact) mass is 455 g/mol. The van der Waals surface area contributed by atoms with Crippen LogP contribution in [0.4, 0.5) is 11.5 Å². The van der Waals surface area contributed by atoms with Crippen LogP contribution in [0.2, 0.25) is 5.02 Å². The number of anilines is 1. The molecule has 0 unspecified atom stereocenters. The van der Waals surface area contributed by atoms with Gasteiger partial charge in [-0.1, -0.05) is 11.6 Å². The SMILES string of the molecule is Cc1cc(C)n(-c2cc(N3CCN(C(=O)c4ccc([N+](=O)[O-])cc4Cl)CC3)nc(C)n2)n1. The van der Waals surface area contributed by atoms with Crippen molar-refractivity contribution >= 4 is 29.0 Å². The molecular formula is C21H22ClN7O3. The molecule has 0 bridgehead atoms. The van der Waals surface area contributed by atoms with Gasteiger partial charge in [0.05, 0.1) is 21.2 Å². The highest BCUT2D eigenvalue weighted by atomic mass is 35.5. The van der Waals surface area contributed by atoms with Gasteiger partial charge in [-0.25, -0.2) is 14.6 Å². The molecule has 0 saturated carbocycles. The summed E-state index contributed by atoms with van der Waals surface area (Å²) >= 11 is 6.13. The number of benzene rings is 1. The summed E-state index contributed by atoms with van der Waals surface area (Å²) < 4.78 is 1.80. The zero-order valence-corrected chi connectivity index (χ0v) is 18.7. The van der Waals surface area contributed by atoms with Crippen LogP contribution in [0.25, 0.3) is 5.82 Å². The van der Waals surface area contributed by atoms with Crippen LogP contribution < -0.4 is 4.90 Å². The zero-order valence-electron chi connectivity index (χ0n) is 17.9. The molecule has 0 radical (unpaired) electrons. The van der Waals surface area contributed by atoms with Gasteiger partial charge in [0.15, 0.2) is 5.82 Å². The van der Waals surface area contributed by atoms with E-state index in [4.69, 9.17) is 11.6 Å². The maximum Gasteiger partial charge on any atom is 0.270 e. The second kappa shape index (κ2) is 8.54. The molecule has 1 fully saturated rings.